The Morgan fingerprint density at radius 1 is 1.10 bits per heavy atom. The molecule has 6 nitrogen and oxygen atoms in total. The van der Waals surface area contributed by atoms with Crippen LogP contribution in [0.1, 0.15) is 35.8 Å². The number of carboxylic acids is 1. The standard InChI is InChI=1S/C22H22N2O4S/c1-2-13-28-18-10-6-16(7-11-18)22-24-19(14-29-22)21(27)23-17-8-3-15(4-9-17)5-12-20(25)26/h3-4,6-11,14H,2,5,12-13H2,1H3,(H,23,27)(H,25,26). The number of thiazole rings is 1. The van der Waals surface area contributed by atoms with Gasteiger partial charge in [0, 0.05) is 23.1 Å². The van der Waals surface area contributed by atoms with Crippen molar-refractivity contribution in [1.29, 1.82) is 0 Å². The van der Waals surface area contributed by atoms with Crippen LogP contribution >= 0.6 is 11.3 Å². The van der Waals surface area contributed by atoms with Crippen LogP contribution in [-0.4, -0.2) is 28.6 Å². The van der Waals surface area contributed by atoms with Crippen LogP contribution in [-0.2, 0) is 11.2 Å². The van der Waals surface area contributed by atoms with Gasteiger partial charge in [0.15, 0.2) is 0 Å². The SMILES string of the molecule is CCCOc1ccc(-c2nc(C(=O)Nc3ccc(CCC(=O)O)cc3)cs2)cc1. The van der Waals surface area contributed by atoms with Gasteiger partial charge in [-0.15, -0.1) is 11.3 Å². The summed E-state index contributed by atoms with van der Waals surface area (Å²) in [4.78, 5) is 27.5. The number of aromatic nitrogens is 1. The Balaban J connectivity index is 1.61. The molecule has 150 valence electrons. The smallest absolute Gasteiger partial charge is 0.303 e. The number of hydrogen-bond donors (Lipinski definition) is 2. The molecule has 1 amide bonds. The molecule has 0 saturated heterocycles. The number of ether oxygens (including phenoxy) is 1. The molecule has 2 aromatic carbocycles. The molecule has 0 radical (unpaired) electrons. The Hall–Kier alpha value is -3.19. The van der Waals surface area contributed by atoms with E-state index in [2.05, 4.69) is 17.2 Å². The van der Waals surface area contributed by atoms with Crippen molar-refractivity contribution in [2.75, 3.05) is 11.9 Å². The largest absolute Gasteiger partial charge is 0.494 e. The number of aliphatic carboxylic acids is 1. The number of amides is 1. The number of carbonyl (C=O) groups excluding carboxylic acids is 1. The number of aryl methyl sites for hydroxylation is 1. The van der Waals surface area contributed by atoms with Gasteiger partial charge in [0.05, 0.1) is 6.61 Å². The Morgan fingerprint density at radius 2 is 1.83 bits per heavy atom. The fraction of sp³-hybridized carbons (Fsp3) is 0.227. The highest BCUT2D eigenvalue weighted by Crippen LogP contribution is 2.26. The van der Waals surface area contributed by atoms with Crippen molar-refractivity contribution in [3.05, 3.63) is 65.2 Å². The molecule has 0 aliphatic rings. The highest BCUT2D eigenvalue weighted by molar-refractivity contribution is 7.13. The molecule has 2 N–H and O–H groups in total. The second-order valence-electron chi connectivity index (χ2n) is 6.46. The lowest BCUT2D eigenvalue weighted by molar-refractivity contribution is -0.136. The number of carboxylic acid groups (broad SMARTS) is 1. The minimum absolute atomic E-state index is 0.0824. The van der Waals surface area contributed by atoms with Crippen molar-refractivity contribution >= 4 is 28.9 Å². The summed E-state index contributed by atoms with van der Waals surface area (Å²) in [6, 6.07) is 14.8. The van der Waals surface area contributed by atoms with E-state index in [-0.39, 0.29) is 12.3 Å². The van der Waals surface area contributed by atoms with E-state index < -0.39 is 5.97 Å². The summed E-state index contributed by atoms with van der Waals surface area (Å²) >= 11 is 1.41. The Bertz CT molecular complexity index is 965. The van der Waals surface area contributed by atoms with Crippen LogP contribution in [0, 0.1) is 0 Å². The second kappa shape index (κ2) is 9.84. The Labute approximate surface area is 173 Å². The van der Waals surface area contributed by atoms with Crippen LogP contribution in [0.15, 0.2) is 53.9 Å². The lowest BCUT2D eigenvalue weighted by Crippen LogP contribution is -2.12. The van der Waals surface area contributed by atoms with E-state index in [9.17, 15) is 9.59 Å². The van der Waals surface area contributed by atoms with Gasteiger partial charge in [0.2, 0.25) is 0 Å². The van der Waals surface area contributed by atoms with Crippen LogP contribution in [0.4, 0.5) is 5.69 Å². The number of nitrogens with zero attached hydrogens (tertiary/aromatic N) is 1. The summed E-state index contributed by atoms with van der Waals surface area (Å²) in [6.45, 7) is 2.74. The van der Waals surface area contributed by atoms with Gasteiger partial charge in [-0.05, 0) is 54.8 Å². The molecule has 29 heavy (non-hydrogen) atoms. The molecule has 0 spiro atoms. The van der Waals surface area contributed by atoms with Gasteiger partial charge in [-0.25, -0.2) is 4.98 Å². The van der Waals surface area contributed by atoms with Crippen molar-refractivity contribution in [3.8, 4) is 16.3 Å². The Morgan fingerprint density at radius 3 is 2.48 bits per heavy atom. The van der Waals surface area contributed by atoms with Gasteiger partial charge >= 0.3 is 5.97 Å². The van der Waals surface area contributed by atoms with E-state index in [1.54, 1.807) is 17.5 Å². The van der Waals surface area contributed by atoms with E-state index in [1.807, 2.05) is 36.4 Å². The summed E-state index contributed by atoms with van der Waals surface area (Å²) in [6.07, 6.45) is 1.50. The third-order valence-corrected chi connectivity index (χ3v) is 5.04. The number of carbonyl (C=O) groups is 2. The van der Waals surface area contributed by atoms with Gasteiger partial charge in [-0.1, -0.05) is 19.1 Å². The van der Waals surface area contributed by atoms with Crippen molar-refractivity contribution in [3.63, 3.8) is 0 Å². The molecule has 0 aliphatic carbocycles. The summed E-state index contributed by atoms with van der Waals surface area (Å²) < 4.78 is 5.58. The quantitative estimate of drug-likeness (QED) is 0.525. The highest BCUT2D eigenvalue weighted by Gasteiger charge is 2.12. The molecule has 7 heteroatoms. The maximum atomic E-state index is 12.5. The average molecular weight is 410 g/mol. The van der Waals surface area contributed by atoms with Gasteiger partial charge in [0.25, 0.3) is 5.91 Å². The van der Waals surface area contributed by atoms with Crippen molar-refractivity contribution in [2.45, 2.75) is 26.2 Å². The number of anilines is 1. The van der Waals surface area contributed by atoms with Crippen LogP contribution in [0.2, 0.25) is 0 Å². The van der Waals surface area contributed by atoms with E-state index >= 15 is 0 Å². The summed E-state index contributed by atoms with van der Waals surface area (Å²) in [5.41, 5.74) is 2.83. The first-order valence-corrected chi connectivity index (χ1v) is 10.2. The summed E-state index contributed by atoms with van der Waals surface area (Å²) in [5, 5.41) is 14.0. The van der Waals surface area contributed by atoms with E-state index in [4.69, 9.17) is 9.84 Å². The molecule has 0 aliphatic heterocycles. The first kappa shape index (κ1) is 20.5. The lowest BCUT2D eigenvalue weighted by atomic mass is 10.1. The average Bonchev–Trinajstić information content (AvgIpc) is 3.22. The van der Waals surface area contributed by atoms with Gasteiger partial charge in [-0.3, -0.25) is 9.59 Å². The normalized spacial score (nSPS) is 10.5. The van der Waals surface area contributed by atoms with Crippen LogP contribution in [0.25, 0.3) is 10.6 Å². The predicted molar refractivity (Wildman–Crippen MR) is 114 cm³/mol. The maximum absolute atomic E-state index is 12.5. The summed E-state index contributed by atoms with van der Waals surface area (Å²) in [5.74, 6) is -0.296. The zero-order valence-electron chi connectivity index (χ0n) is 16.1. The van der Waals surface area contributed by atoms with E-state index in [1.165, 1.54) is 11.3 Å². The van der Waals surface area contributed by atoms with Gasteiger partial charge < -0.3 is 15.2 Å². The first-order chi connectivity index (χ1) is 14.0. The zero-order chi connectivity index (χ0) is 20.6. The molecule has 0 bridgehead atoms. The third-order valence-electron chi connectivity index (χ3n) is 4.15. The summed E-state index contributed by atoms with van der Waals surface area (Å²) in [7, 11) is 0. The molecule has 0 fully saturated rings. The fourth-order valence-corrected chi connectivity index (χ4v) is 3.43. The molecule has 1 aromatic heterocycles. The molecule has 0 saturated carbocycles. The van der Waals surface area contributed by atoms with E-state index in [0.29, 0.717) is 24.4 Å². The predicted octanol–water partition coefficient (Wildman–Crippen LogP) is 4.87. The van der Waals surface area contributed by atoms with Gasteiger partial charge in [0.1, 0.15) is 16.5 Å². The second-order valence-corrected chi connectivity index (χ2v) is 7.31. The zero-order valence-corrected chi connectivity index (χ0v) is 16.9. The molecular weight excluding hydrogens is 388 g/mol. The van der Waals surface area contributed by atoms with Crippen molar-refractivity contribution in [1.82, 2.24) is 4.98 Å². The molecule has 0 unspecified atom stereocenters. The monoisotopic (exact) mass is 410 g/mol. The first-order valence-electron chi connectivity index (χ1n) is 9.36. The minimum atomic E-state index is -0.829. The Kier molecular flexibility index (Phi) is 6.97. The molecule has 3 aromatic rings. The molecule has 3 rings (SSSR count). The topological polar surface area (TPSA) is 88.5 Å². The van der Waals surface area contributed by atoms with Crippen LogP contribution < -0.4 is 10.1 Å². The highest BCUT2D eigenvalue weighted by atomic mass is 32.1. The number of benzene rings is 2. The van der Waals surface area contributed by atoms with Crippen molar-refractivity contribution < 1.29 is 19.4 Å². The molecular formula is C22H22N2O4S. The number of rotatable bonds is 9. The number of nitrogens with one attached hydrogen (secondary N) is 1. The van der Waals surface area contributed by atoms with Crippen molar-refractivity contribution in [2.24, 2.45) is 0 Å². The fourth-order valence-electron chi connectivity index (χ4n) is 2.63. The minimum Gasteiger partial charge on any atom is -0.494 e. The van der Waals surface area contributed by atoms with Crippen LogP contribution in [0.5, 0.6) is 5.75 Å². The maximum Gasteiger partial charge on any atom is 0.303 e. The van der Waals surface area contributed by atoms with E-state index in [0.717, 1.165) is 28.3 Å². The van der Waals surface area contributed by atoms with Gasteiger partial charge in [-0.2, -0.15) is 0 Å². The number of hydrogen-bond acceptors (Lipinski definition) is 5. The molecule has 0 atom stereocenters. The third kappa shape index (κ3) is 5.89. The molecule has 1 heterocycles. The lowest BCUT2D eigenvalue weighted by Gasteiger charge is -2.05. The van der Waals surface area contributed by atoms with Crippen LogP contribution in [0.3, 0.4) is 0 Å².